The lowest BCUT2D eigenvalue weighted by molar-refractivity contribution is -0.0818. The van der Waals surface area contributed by atoms with Crippen molar-refractivity contribution in [3.63, 3.8) is 0 Å². The van der Waals surface area contributed by atoms with Crippen LogP contribution < -0.4 is 10.0 Å². The van der Waals surface area contributed by atoms with Crippen LogP contribution >= 0.6 is 0 Å². The van der Waals surface area contributed by atoms with Crippen LogP contribution in [0.4, 0.5) is 5.69 Å². The van der Waals surface area contributed by atoms with Crippen LogP contribution in [0.5, 0.6) is 0 Å². The summed E-state index contributed by atoms with van der Waals surface area (Å²) >= 11 is 0. The predicted octanol–water partition coefficient (Wildman–Crippen LogP) is 0.955. The third-order valence-corrected chi connectivity index (χ3v) is 5.02. The Labute approximate surface area is 124 Å². The third kappa shape index (κ3) is 4.16. The standard InChI is InChI=1S/C14H20N2O4S/c17-21(18,16-12-1-2-12)14-5-3-11(4-6-14)15-9-13-10-19-7-8-20-13/h3-6,12-13,15-16H,1-2,7-10H2. The van der Waals surface area contributed by atoms with Crippen LogP contribution in [0.2, 0.25) is 0 Å². The second kappa shape index (κ2) is 6.31. The molecule has 21 heavy (non-hydrogen) atoms. The fourth-order valence-corrected chi connectivity index (χ4v) is 3.43. The summed E-state index contributed by atoms with van der Waals surface area (Å²) in [4.78, 5) is 0.303. The summed E-state index contributed by atoms with van der Waals surface area (Å²) in [6.45, 7) is 2.50. The van der Waals surface area contributed by atoms with E-state index in [9.17, 15) is 8.42 Å². The maximum Gasteiger partial charge on any atom is 0.240 e. The van der Waals surface area contributed by atoms with Gasteiger partial charge in [0, 0.05) is 18.3 Å². The Morgan fingerprint density at radius 3 is 2.52 bits per heavy atom. The van der Waals surface area contributed by atoms with Crippen LogP contribution in [0.3, 0.4) is 0 Å². The van der Waals surface area contributed by atoms with Gasteiger partial charge in [-0.3, -0.25) is 0 Å². The van der Waals surface area contributed by atoms with Crippen molar-refractivity contribution in [1.29, 1.82) is 0 Å². The molecule has 0 spiro atoms. The van der Waals surface area contributed by atoms with E-state index in [2.05, 4.69) is 10.0 Å². The molecule has 1 saturated carbocycles. The molecule has 2 aliphatic rings. The Hall–Kier alpha value is -1.15. The molecule has 0 amide bonds. The van der Waals surface area contributed by atoms with E-state index in [0.29, 0.717) is 31.3 Å². The van der Waals surface area contributed by atoms with Crippen LogP contribution in [0.1, 0.15) is 12.8 Å². The van der Waals surface area contributed by atoms with Crippen molar-refractivity contribution in [2.24, 2.45) is 0 Å². The zero-order valence-corrected chi connectivity index (χ0v) is 12.6. The van der Waals surface area contributed by atoms with Gasteiger partial charge >= 0.3 is 0 Å². The van der Waals surface area contributed by atoms with E-state index < -0.39 is 10.0 Å². The maximum atomic E-state index is 12.0. The van der Waals surface area contributed by atoms with Gasteiger partial charge in [0.2, 0.25) is 10.0 Å². The molecule has 0 aromatic heterocycles. The summed E-state index contributed by atoms with van der Waals surface area (Å²) in [6.07, 6.45) is 1.91. The molecule has 116 valence electrons. The monoisotopic (exact) mass is 312 g/mol. The summed E-state index contributed by atoms with van der Waals surface area (Å²) < 4.78 is 37.6. The molecule has 1 aromatic rings. The summed E-state index contributed by atoms with van der Waals surface area (Å²) in [5, 5.41) is 3.23. The highest BCUT2D eigenvalue weighted by atomic mass is 32.2. The Bertz CT molecular complexity index is 563. The predicted molar refractivity (Wildman–Crippen MR) is 78.8 cm³/mol. The van der Waals surface area contributed by atoms with Crippen molar-refractivity contribution in [3.8, 4) is 0 Å². The first-order chi connectivity index (χ1) is 10.1. The molecule has 3 rings (SSSR count). The van der Waals surface area contributed by atoms with Crippen LogP contribution in [0.15, 0.2) is 29.2 Å². The number of ether oxygens (including phenoxy) is 2. The van der Waals surface area contributed by atoms with Gasteiger partial charge < -0.3 is 14.8 Å². The number of rotatable bonds is 6. The highest BCUT2D eigenvalue weighted by Gasteiger charge is 2.27. The minimum Gasteiger partial charge on any atom is -0.382 e. The van der Waals surface area contributed by atoms with Gasteiger partial charge in [0.15, 0.2) is 0 Å². The van der Waals surface area contributed by atoms with Gasteiger partial charge in [-0.2, -0.15) is 0 Å². The Kier molecular flexibility index (Phi) is 4.44. The minimum absolute atomic E-state index is 0.0405. The van der Waals surface area contributed by atoms with E-state index in [-0.39, 0.29) is 12.1 Å². The molecule has 7 heteroatoms. The van der Waals surface area contributed by atoms with Crippen LogP contribution in [0.25, 0.3) is 0 Å². The Morgan fingerprint density at radius 2 is 1.90 bits per heavy atom. The second-order valence-corrected chi connectivity index (χ2v) is 7.08. The summed E-state index contributed by atoms with van der Waals surface area (Å²) in [7, 11) is -3.37. The molecule has 1 aliphatic carbocycles. The fraction of sp³-hybridized carbons (Fsp3) is 0.571. The van der Waals surface area contributed by atoms with Gasteiger partial charge in [0.25, 0.3) is 0 Å². The minimum atomic E-state index is -3.37. The zero-order valence-electron chi connectivity index (χ0n) is 11.7. The molecule has 1 aliphatic heterocycles. The largest absolute Gasteiger partial charge is 0.382 e. The summed E-state index contributed by atoms with van der Waals surface area (Å²) in [5.74, 6) is 0. The molecule has 6 nitrogen and oxygen atoms in total. The molecular formula is C14H20N2O4S. The molecule has 2 N–H and O–H groups in total. The normalized spacial score (nSPS) is 23.0. The SMILES string of the molecule is O=S(=O)(NC1CC1)c1ccc(NCC2COCCO2)cc1. The van der Waals surface area contributed by atoms with Gasteiger partial charge in [0.1, 0.15) is 0 Å². The second-order valence-electron chi connectivity index (χ2n) is 5.37. The highest BCUT2D eigenvalue weighted by molar-refractivity contribution is 7.89. The molecule has 1 saturated heterocycles. The Balaban J connectivity index is 1.55. The quantitative estimate of drug-likeness (QED) is 0.818. The van der Waals surface area contributed by atoms with E-state index in [1.54, 1.807) is 24.3 Å². The number of hydrogen-bond acceptors (Lipinski definition) is 5. The summed E-state index contributed by atoms with van der Waals surface area (Å²) in [6, 6.07) is 6.89. The molecule has 0 bridgehead atoms. The molecular weight excluding hydrogens is 292 g/mol. The third-order valence-electron chi connectivity index (χ3n) is 3.48. The van der Waals surface area contributed by atoms with Gasteiger partial charge in [0.05, 0.1) is 30.8 Å². The van der Waals surface area contributed by atoms with Crippen molar-refractivity contribution >= 4 is 15.7 Å². The van der Waals surface area contributed by atoms with E-state index in [1.807, 2.05) is 0 Å². The number of nitrogens with one attached hydrogen (secondary N) is 2. The molecule has 2 fully saturated rings. The van der Waals surface area contributed by atoms with Crippen molar-refractivity contribution in [1.82, 2.24) is 4.72 Å². The molecule has 1 unspecified atom stereocenters. The zero-order chi connectivity index (χ0) is 14.7. The lowest BCUT2D eigenvalue weighted by Crippen LogP contribution is -2.34. The molecule has 1 atom stereocenters. The van der Waals surface area contributed by atoms with Crippen LogP contribution in [0, 0.1) is 0 Å². The molecule has 1 aromatic carbocycles. The van der Waals surface area contributed by atoms with Gasteiger partial charge in [-0.05, 0) is 37.1 Å². The van der Waals surface area contributed by atoms with Crippen LogP contribution in [-0.4, -0.2) is 46.9 Å². The van der Waals surface area contributed by atoms with Gasteiger partial charge in [-0.1, -0.05) is 0 Å². The first-order valence-electron chi connectivity index (χ1n) is 7.19. The van der Waals surface area contributed by atoms with Crippen molar-refractivity contribution in [2.75, 3.05) is 31.7 Å². The number of hydrogen-bond donors (Lipinski definition) is 2. The Morgan fingerprint density at radius 1 is 1.14 bits per heavy atom. The number of benzene rings is 1. The van der Waals surface area contributed by atoms with Gasteiger partial charge in [-0.15, -0.1) is 0 Å². The smallest absolute Gasteiger partial charge is 0.240 e. The maximum absolute atomic E-state index is 12.0. The van der Waals surface area contributed by atoms with E-state index >= 15 is 0 Å². The van der Waals surface area contributed by atoms with E-state index in [4.69, 9.17) is 9.47 Å². The molecule has 0 radical (unpaired) electrons. The van der Waals surface area contributed by atoms with Crippen molar-refractivity contribution in [2.45, 2.75) is 29.9 Å². The average molecular weight is 312 g/mol. The first kappa shape index (κ1) is 14.8. The lowest BCUT2D eigenvalue weighted by Gasteiger charge is -2.23. The highest BCUT2D eigenvalue weighted by Crippen LogP contribution is 2.22. The topological polar surface area (TPSA) is 76.7 Å². The average Bonchev–Trinajstić information content (AvgIpc) is 3.30. The number of sulfonamides is 1. The van der Waals surface area contributed by atoms with E-state index in [1.165, 1.54) is 0 Å². The summed E-state index contributed by atoms with van der Waals surface area (Å²) in [5.41, 5.74) is 0.870. The lowest BCUT2D eigenvalue weighted by atomic mass is 10.3. The first-order valence-corrected chi connectivity index (χ1v) is 8.67. The van der Waals surface area contributed by atoms with Gasteiger partial charge in [-0.25, -0.2) is 13.1 Å². The van der Waals surface area contributed by atoms with Crippen molar-refractivity contribution < 1.29 is 17.9 Å². The molecule has 1 heterocycles. The van der Waals surface area contributed by atoms with E-state index in [0.717, 1.165) is 18.5 Å². The fourth-order valence-electron chi connectivity index (χ4n) is 2.13. The van der Waals surface area contributed by atoms with Crippen LogP contribution in [-0.2, 0) is 19.5 Å². The van der Waals surface area contributed by atoms with Crippen molar-refractivity contribution in [3.05, 3.63) is 24.3 Å². The number of anilines is 1.